The lowest BCUT2D eigenvalue weighted by atomic mass is 9.80. The summed E-state index contributed by atoms with van der Waals surface area (Å²) in [6.45, 7) is 10.3. The Morgan fingerprint density at radius 3 is 2.11 bits per heavy atom. The zero-order chi connectivity index (χ0) is 13.6. The van der Waals surface area contributed by atoms with Crippen molar-refractivity contribution >= 4 is 18.7 Å². The van der Waals surface area contributed by atoms with Crippen molar-refractivity contribution in [3.8, 4) is 0 Å². The molecule has 0 aliphatic carbocycles. The van der Waals surface area contributed by atoms with Crippen LogP contribution in [0.2, 0.25) is 5.02 Å². The van der Waals surface area contributed by atoms with Crippen molar-refractivity contribution < 1.29 is 9.31 Å². The topological polar surface area (TPSA) is 18.5 Å². The van der Waals surface area contributed by atoms with E-state index in [1.807, 2.05) is 19.1 Å². The summed E-state index contributed by atoms with van der Waals surface area (Å²) in [6.07, 6.45) is 0.730. The van der Waals surface area contributed by atoms with Gasteiger partial charge in [0.1, 0.15) is 0 Å². The number of aryl methyl sites for hydroxylation is 1. The SMILES string of the molecule is Cc1cc(Cl)cc(CB2OC(C)(C)C(C)(C)O2)c1. The first-order chi connectivity index (χ1) is 8.19. The molecule has 1 aliphatic heterocycles. The van der Waals surface area contributed by atoms with Crippen LogP contribution in [0.1, 0.15) is 38.8 Å². The summed E-state index contributed by atoms with van der Waals surface area (Å²) in [7, 11) is -0.201. The number of benzene rings is 1. The maximum absolute atomic E-state index is 6.07. The van der Waals surface area contributed by atoms with Gasteiger partial charge >= 0.3 is 7.12 Å². The summed E-state index contributed by atoms with van der Waals surface area (Å²) in [6, 6.07) is 6.05. The molecule has 0 unspecified atom stereocenters. The van der Waals surface area contributed by atoms with Gasteiger partial charge < -0.3 is 9.31 Å². The zero-order valence-corrected chi connectivity index (χ0v) is 12.5. The fourth-order valence-corrected chi connectivity index (χ4v) is 2.48. The van der Waals surface area contributed by atoms with Crippen molar-refractivity contribution in [2.24, 2.45) is 0 Å². The van der Waals surface area contributed by atoms with Gasteiger partial charge in [-0.25, -0.2) is 0 Å². The molecular formula is C14H20BClO2. The summed E-state index contributed by atoms with van der Waals surface area (Å²) in [5.74, 6) is 0. The third-order valence-electron chi connectivity index (χ3n) is 3.81. The van der Waals surface area contributed by atoms with Crippen molar-refractivity contribution in [2.45, 2.75) is 52.1 Å². The molecule has 18 heavy (non-hydrogen) atoms. The minimum absolute atomic E-state index is 0.201. The van der Waals surface area contributed by atoms with Gasteiger partial charge in [0.15, 0.2) is 0 Å². The highest BCUT2D eigenvalue weighted by Crippen LogP contribution is 2.37. The van der Waals surface area contributed by atoms with Crippen LogP contribution in [0.3, 0.4) is 0 Å². The third-order valence-corrected chi connectivity index (χ3v) is 4.02. The second-order valence-corrected chi connectivity index (χ2v) is 6.46. The van der Waals surface area contributed by atoms with E-state index in [2.05, 4.69) is 33.8 Å². The minimum Gasteiger partial charge on any atom is -0.403 e. The molecule has 2 nitrogen and oxygen atoms in total. The maximum Gasteiger partial charge on any atom is 0.462 e. The lowest BCUT2D eigenvalue weighted by molar-refractivity contribution is 0.00578. The fraction of sp³-hybridized carbons (Fsp3) is 0.571. The molecule has 0 bridgehead atoms. The predicted molar refractivity (Wildman–Crippen MR) is 76.0 cm³/mol. The molecule has 2 rings (SSSR count). The monoisotopic (exact) mass is 266 g/mol. The average molecular weight is 267 g/mol. The van der Waals surface area contributed by atoms with Crippen molar-refractivity contribution in [2.75, 3.05) is 0 Å². The van der Waals surface area contributed by atoms with Crippen LogP contribution < -0.4 is 0 Å². The van der Waals surface area contributed by atoms with Crippen LogP contribution >= 0.6 is 11.6 Å². The van der Waals surface area contributed by atoms with Crippen molar-refractivity contribution in [3.05, 3.63) is 34.3 Å². The van der Waals surface area contributed by atoms with E-state index in [0.717, 1.165) is 22.5 Å². The van der Waals surface area contributed by atoms with Crippen molar-refractivity contribution in [1.29, 1.82) is 0 Å². The molecule has 1 aromatic carbocycles. The third kappa shape index (κ3) is 2.74. The Bertz CT molecular complexity index is 421. The Morgan fingerprint density at radius 1 is 1.06 bits per heavy atom. The molecule has 0 spiro atoms. The van der Waals surface area contributed by atoms with Gasteiger partial charge in [-0.2, -0.15) is 0 Å². The summed E-state index contributed by atoms with van der Waals surface area (Å²) in [5.41, 5.74) is 1.77. The highest BCUT2D eigenvalue weighted by molar-refractivity contribution is 6.45. The summed E-state index contributed by atoms with van der Waals surface area (Å²) < 4.78 is 12.0. The van der Waals surface area contributed by atoms with E-state index in [9.17, 15) is 0 Å². The molecule has 98 valence electrons. The van der Waals surface area contributed by atoms with Crippen LogP contribution in [0.4, 0.5) is 0 Å². The van der Waals surface area contributed by atoms with Gasteiger partial charge in [0.2, 0.25) is 0 Å². The van der Waals surface area contributed by atoms with E-state index in [1.54, 1.807) is 0 Å². The molecule has 1 aliphatic rings. The number of halogens is 1. The zero-order valence-electron chi connectivity index (χ0n) is 11.7. The van der Waals surface area contributed by atoms with Gasteiger partial charge in [0.05, 0.1) is 11.2 Å². The molecule has 4 heteroatoms. The van der Waals surface area contributed by atoms with Crippen LogP contribution in [-0.2, 0) is 15.6 Å². The van der Waals surface area contributed by atoms with Crippen molar-refractivity contribution in [1.82, 2.24) is 0 Å². The molecule has 0 atom stereocenters. The van der Waals surface area contributed by atoms with E-state index >= 15 is 0 Å². The highest BCUT2D eigenvalue weighted by Gasteiger charge is 2.50. The second kappa shape index (κ2) is 4.55. The normalized spacial score (nSPS) is 21.3. The molecule has 0 aromatic heterocycles. The van der Waals surface area contributed by atoms with Crippen LogP contribution in [-0.4, -0.2) is 18.3 Å². The molecule has 0 radical (unpaired) electrons. The van der Waals surface area contributed by atoms with Gasteiger partial charge in [-0.05, 0) is 57.9 Å². The van der Waals surface area contributed by atoms with Gasteiger partial charge in [-0.15, -0.1) is 0 Å². The smallest absolute Gasteiger partial charge is 0.403 e. The number of rotatable bonds is 2. The van der Waals surface area contributed by atoms with Crippen LogP contribution in [0, 0.1) is 6.92 Å². The summed E-state index contributed by atoms with van der Waals surface area (Å²) in [4.78, 5) is 0. The average Bonchev–Trinajstić information content (AvgIpc) is 2.31. The van der Waals surface area contributed by atoms with E-state index in [-0.39, 0.29) is 18.3 Å². The quantitative estimate of drug-likeness (QED) is 0.758. The van der Waals surface area contributed by atoms with E-state index in [4.69, 9.17) is 20.9 Å². The Morgan fingerprint density at radius 2 is 1.61 bits per heavy atom. The predicted octanol–water partition coefficient (Wildman–Crippen LogP) is 3.82. The molecule has 0 amide bonds. The highest BCUT2D eigenvalue weighted by atomic mass is 35.5. The Labute approximate surface area is 115 Å². The van der Waals surface area contributed by atoms with E-state index in [0.29, 0.717) is 0 Å². The lowest BCUT2D eigenvalue weighted by Gasteiger charge is -2.32. The largest absolute Gasteiger partial charge is 0.462 e. The van der Waals surface area contributed by atoms with Crippen LogP contribution in [0.5, 0.6) is 0 Å². The molecular weight excluding hydrogens is 246 g/mol. The first-order valence-electron chi connectivity index (χ1n) is 6.31. The standard InChI is InChI=1S/C14H20BClO2/c1-10-6-11(8-12(16)7-10)9-15-17-13(2,3)14(4,5)18-15/h6-8H,9H2,1-5H3. The molecule has 1 fully saturated rings. The Hall–Kier alpha value is -0.505. The van der Waals surface area contributed by atoms with Crippen molar-refractivity contribution in [3.63, 3.8) is 0 Å². The van der Waals surface area contributed by atoms with Gasteiger partial charge in [0, 0.05) is 11.3 Å². The minimum atomic E-state index is -0.273. The molecule has 1 saturated heterocycles. The number of hydrogen-bond acceptors (Lipinski definition) is 2. The van der Waals surface area contributed by atoms with Crippen LogP contribution in [0.25, 0.3) is 0 Å². The molecule has 1 heterocycles. The Kier molecular flexibility index (Phi) is 3.52. The van der Waals surface area contributed by atoms with Gasteiger partial charge in [-0.1, -0.05) is 17.7 Å². The maximum atomic E-state index is 6.07. The molecule has 1 aromatic rings. The van der Waals surface area contributed by atoms with E-state index < -0.39 is 0 Å². The summed E-state index contributed by atoms with van der Waals surface area (Å²) >= 11 is 6.07. The van der Waals surface area contributed by atoms with Crippen LogP contribution in [0.15, 0.2) is 18.2 Å². The first-order valence-corrected chi connectivity index (χ1v) is 6.69. The second-order valence-electron chi connectivity index (χ2n) is 6.03. The first kappa shape index (κ1) is 13.9. The number of hydrogen-bond donors (Lipinski definition) is 0. The lowest BCUT2D eigenvalue weighted by Crippen LogP contribution is -2.41. The fourth-order valence-electron chi connectivity index (χ4n) is 2.17. The molecule has 0 saturated carbocycles. The summed E-state index contributed by atoms with van der Waals surface area (Å²) in [5, 5.41) is 0.765. The van der Waals surface area contributed by atoms with Gasteiger partial charge in [0.25, 0.3) is 0 Å². The molecule has 0 N–H and O–H groups in total. The van der Waals surface area contributed by atoms with E-state index in [1.165, 1.54) is 0 Å². The Balaban J connectivity index is 2.12. The van der Waals surface area contributed by atoms with Gasteiger partial charge in [-0.3, -0.25) is 0 Å².